The topological polar surface area (TPSA) is 38.1 Å². The van der Waals surface area contributed by atoms with Gasteiger partial charge in [-0.2, -0.15) is 5.10 Å². The van der Waals surface area contributed by atoms with Crippen LogP contribution in [-0.4, -0.2) is 41.1 Å². The molecule has 0 aromatic carbocycles. The summed E-state index contributed by atoms with van der Waals surface area (Å²) >= 11 is 0. The second-order valence-electron chi connectivity index (χ2n) is 3.19. The van der Waals surface area contributed by atoms with Crippen LogP contribution < -0.4 is 0 Å². The predicted molar refractivity (Wildman–Crippen MR) is 44.1 cm³/mol. The van der Waals surface area contributed by atoms with Gasteiger partial charge in [-0.3, -0.25) is 9.48 Å². The van der Waals surface area contributed by atoms with Crippen LogP contribution in [0.2, 0.25) is 0 Å². The minimum absolute atomic E-state index is 0.394. The molecule has 1 fully saturated rings. The van der Waals surface area contributed by atoms with E-state index in [4.69, 9.17) is 0 Å². The Labute approximate surface area is 70.8 Å². The zero-order valence-electron chi connectivity index (χ0n) is 6.97. The molecule has 1 aliphatic heterocycles. The number of carbonyl (C=O) groups excluding carboxylic acids is 1. The number of hydrogen-bond donors (Lipinski definition) is 0. The van der Waals surface area contributed by atoms with E-state index < -0.39 is 0 Å². The fraction of sp³-hybridized carbons (Fsp3) is 0.500. The van der Waals surface area contributed by atoms with Gasteiger partial charge in [-0.25, -0.2) is 0 Å². The maximum absolute atomic E-state index is 10.5. The minimum Gasteiger partial charge on any atom is -0.302 e. The van der Waals surface area contributed by atoms with E-state index in [1.807, 2.05) is 0 Å². The number of aromatic nitrogens is 2. The van der Waals surface area contributed by atoms with Crippen molar-refractivity contribution in [1.82, 2.24) is 14.7 Å². The lowest BCUT2D eigenvalue weighted by molar-refractivity contribution is 0.106. The number of nitrogens with zero attached hydrogens (tertiary/aromatic N) is 3. The third-order valence-electron chi connectivity index (χ3n) is 2.21. The van der Waals surface area contributed by atoms with Crippen LogP contribution in [0.25, 0.3) is 0 Å². The first-order valence-corrected chi connectivity index (χ1v) is 3.98. The highest BCUT2D eigenvalue weighted by Gasteiger charge is 2.26. The van der Waals surface area contributed by atoms with Gasteiger partial charge in [0.1, 0.15) is 5.69 Å². The van der Waals surface area contributed by atoms with Gasteiger partial charge >= 0.3 is 0 Å². The molecule has 1 saturated heterocycles. The zero-order chi connectivity index (χ0) is 8.55. The van der Waals surface area contributed by atoms with Crippen LogP contribution in [0.1, 0.15) is 16.5 Å². The van der Waals surface area contributed by atoms with E-state index in [1.165, 1.54) is 0 Å². The second-order valence-corrected chi connectivity index (χ2v) is 3.19. The molecule has 4 nitrogen and oxygen atoms in total. The monoisotopic (exact) mass is 165 g/mol. The Hall–Kier alpha value is -1.16. The number of aldehydes is 1. The van der Waals surface area contributed by atoms with Gasteiger partial charge in [-0.1, -0.05) is 0 Å². The lowest BCUT2D eigenvalue weighted by Gasteiger charge is -2.36. The van der Waals surface area contributed by atoms with E-state index in [1.54, 1.807) is 16.9 Å². The number of rotatable bonds is 2. The lowest BCUT2D eigenvalue weighted by Crippen LogP contribution is -2.45. The van der Waals surface area contributed by atoms with Crippen molar-refractivity contribution >= 4 is 6.29 Å². The first-order valence-electron chi connectivity index (χ1n) is 3.98. The van der Waals surface area contributed by atoms with Crippen LogP contribution in [0.5, 0.6) is 0 Å². The molecule has 2 heterocycles. The molecule has 1 aliphatic rings. The van der Waals surface area contributed by atoms with Gasteiger partial charge in [-0.15, -0.1) is 0 Å². The highest BCUT2D eigenvalue weighted by Crippen LogP contribution is 2.18. The first kappa shape index (κ1) is 7.49. The Morgan fingerprint density at radius 3 is 3.00 bits per heavy atom. The van der Waals surface area contributed by atoms with E-state index in [0.29, 0.717) is 11.7 Å². The van der Waals surface area contributed by atoms with Crippen LogP contribution in [0.3, 0.4) is 0 Å². The maximum atomic E-state index is 10.5. The summed E-state index contributed by atoms with van der Waals surface area (Å²) in [6.45, 7) is 1.98. The normalized spacial score (nSPS) is 19.1. The van der Waals surface area contributed by atoms with Crippen LogP contribution in [0, 0.1) is 0 Å². The predicted octanol–water partition coefficient (Wildman–Crippen LogP) is 0.182. The third-order valence-corrected chi connectivity index (χ3v) is 2.21. The van der Waals surface area contributed by atoms with Gasteiger partial charge < -0.3 is 4.90 Å². The van der Waals surface area contributed by atoms with Crippen molar-refractivity contribution in [1.29, 1.82) is 0 Å². The Morgan fingerprint density at radius 2 is 2.42 bits per heavy atom. The number of carbonyl (C=O) groups is 1. The lowest BCUT2D eigenvalue weighted by atomic mass is 10.1. The Kier molecular flexibility index (Phi) is 1.69. The van der Waals surface area contributed by atoms with E-state index >= 15 is 0 Å². The van der Waals surface area contributed by atoms with Crippen LogP contribution >= 0.6 is 0 Å². The number of likely N-dealkylation sites (N-methyl/N-ethyl adjacent to an activating group) is 1. The van der Waals surface area contributed by atoms with Crippen LogP contribution in [0.4, 0.5) is 0 Å². The molecule has 0 bridgehead atoms. The molecular formula is C8H11N3O. The Balaban J connectivity index is 2.17. The Morgan fingerprint density at radius 1 is 1.67 bits per heavy atom. The first-order chi connectivity index (χ1) is 5.81. The van der Waals surface area contributed by atoms with Crippen LogP contribution in [0.15, 0.2) is 12.3 Å². The van der Waals surface area contributed by atoms with Crippen molar-refractivity contribution < 1.29 is 4.79 Å². The van der Waals surface area contributed by atoms with Crippen LogP contribution in [-0.2, 0) is 0 Å². The van der Waals surface area contributed by atoms with Crippen molar-refractivity contribution in [2.45, 2.75) is 6.04 Å². The van der Waals surface area contributed by atoms with Crippen molar-refractivity contribution in [3.05, 3.63) is 18.0 Å². The quantitative estimate of drug-likeness (QED) is 0.587. The van der Waals surface area contributed by atoms with Gasteiger partial charge in [0, 0.05) is 19.3 Å². The third kappa shape index (κ3) is 1.04. The van der Waals surface area contributed by atoms with Gasteiger partial charge in [0.2, 0.25) is 0 Å². The molecule has 0 unspecified atom stereocenters. The SMILES string of the molecule is CN1CC(n2nccc2C=O)C1. The summed E-state index contributed by atoms with van der Waals surface area (Å²) in [6, 6.07) is 2.14. The molecule has 0 saturated carbocycles. The summed E-state index contributed by atoms with van der Waals surface area (Å²) in [5, 5.41) is 4.10. The molecule has 0 aliphatic carbocycles. The van der Waals surface area contributed by atoms with Crippen molar-refractivity contribution in [3.63, 3.8) is 0 Å². The Bertz CT molecular complexity index is 288. The van der Waals surface area contributed by atoms with E-state index in [-0.39, 0.29) is 0 Å². The number of likely N-dealkylation sites (tertiary alicyclic amines) is 1. The fourth-order valence-electron chi connectivity index (χ4n) is 1.54. The van der Waals surface area contributed by atoms with Gasteiger partial charge in [-0.05, 0) is 13.1 Å². The highest BCUT2D eigenvalue weighted by atomic mass is 16.1. The molecule has 0 spiro atoms. The van der Waals surface area contributed by atoms with Crippen molar-refractivity contribution in [2.24, 2.45) is 0 Å². The largest absolute Gasteiger partial charge is 0.302 e. The molecule has 0 amide bonds. The van der Waals surface area contributed by atoms with Gasteiger partial charge in [0.05, 0.1) is 6.04 Å². The summed E-state index contributed by atoms with van der Waals surface area (Å²) < 4.78 is 1.80. The molecule has 12 heavy (non-hydrogen) atoms. The zero-order valence-corrected chi connectivity index (χ0v) is 6.97. The van der Waals surface area contributed by atoms with E-state index in [9.17, 15) is 4.79 Å². The molecule has 1 aromatic rings. The average Bonchev–Trinajstić information content (AvgIpc) is 2.45. The molecule has 2 rings (SSSR count). The smallest absolute Gasteiger partial charge is 0.168 e. The average molecular weight is 165 g/mol. The van der Waals surface area contributed by atoms with Crippen molar-refractivity contribution in [2.75, 3.05) is 20.1 Å². The summed E-state index contributed by atoms with van der Waals surface area (Å²) in [4.78, 5) is 12.7. The fourth-order valence-corrected chi connectivity index (χ4v) is 1.54. The molecule has 0 N–H and O–H groups in total. The molecule has 0 radical (unpaired) electrons. The standard InChI is InChI=1S/C8H11N3O/c1-10-4-8(5-10)11-7(6-12)2-3-9-11/h2-3,6,8H,4-5H2,1H3. The molecular weight excluding hydrogens is 154 g/mol. The van der Waals surface area contributed by atoms with Crippen molar-refractivity contribution in [3.8, 4) is 0 Å². The minimum atomic E-state index is 0.394. The summed E-state index contributed by atoms with van der Waals surface area (Å²) in [7, 11) is 2.06. The second kappa shape index (κ2) is 2.71. The van der Waals surface area contributed by atoms with E-state index in [2.05, 4.69) is 17.0 Å². The summed E-state index contributed by atoms with van der Waals surface area (Å²) in [5.74, 6) is 0. The summed E-state index contributed by atoms with van der Waals surface area (Å²) in [6.07, 6.45) is 2.52. The number of hydrogen-bond acceptors (Lipinski definition) is 3. The van der Waals surface area contributed by atoms with Gasteiger partial charge in [0.25, 0.3) is 0 Å². The van der Waals surface area contributed by atoms with Gasteiger partial charge in [0.15, 0.2) is 6.29 Å². The maximum Gasteiger partial charge on any atom is 0.168 e. The molecule has 1 aromatic heterocycles. The highest BCUT2D eigenvalue weighted by molar-refractivity contribution is 5.71. The molecule has 4 heteroatoms. The van der Waals surface area contributed by atoms with E-state index in [0.717, 1.165) is 19.4 Å². The summed E-state index contributed by atoms with van der Waals surface area (Å²) in [5.41, 5.74) is 0.674. The molecule has 0 atom stereocenters. The molecule has 64 valence electrons.